The molecule has 0 aliphatic heterocycles. The van der Waals surface area contributed by atoms with Gasteiger partial charge in [0.1, 0.15) is 0 Å². The molecule has 2 bridgehead atoms. The molecule has 0 spiro atoms. The Morgan fingerprint density at radius 3 is 2.62 bits per heavy atom. The van der Waals surface area contributed by atoms with E-state index in [4.69, 9.17) is 39.9 Å². The van der Waals surface area contributed by atoms with Crippen molar-refractivity contribution < 1.29 is 4.79 Å². The molecule has 1 aromatic carbocycles. The van der Waals surface area contributed by atoms with Gasteiger partial charge in [-0.2, -0.15) is 5.10 Å². The van der Waals surface area contributed by atoms with E-state index in [1.807, 2.05) is 25.1 Å². The highest BCUT2D eigenvalue weighted by atomic mass is 35.5. The van der Waals surface area contributed by atoms with Crippen LogP contribution in [0.2, 0.25) is 14.4 Å². The van der Waals surface area contributed by atoms with Gasteiger partial charge in [-0.3, -0.25) is 4.79 Å². The largest absolute Gasteiger partial charge is 0.350 e. The van der Waals surface area contributed by atoms with Gasteiger partial charge in [0.05, 0.1) is 25.6 Å². The summed E-state index contributed by atoms with van der Waals surface area (Å²) in [5.74, 6) is 1.92. The molecule has 4 nitrogen and oxygen atoms in total. The number of rotatable bonds is 6. The quantitative estimate of drug-likeness (QED) is 0.348. The molecule has 1 amide bonds. The molecule has 3 saturated carbocycles. The molecule has 0 saturated heterocycles. The number of thiophene rings is 1. The van der Waals surface area contributed by atoms with E-state index >= 15 is 0 Å². The van der Waals surface area contributed by atoms with E-state index in [0.717, 1.165) is 22.1 Å². The van der Waals surface area contributed by atoms with E-state index in [2.05, 4.69) is 19.2 Å². The predicted molar refractivity (Wildman–Crippen MR) is 142 cm³/mol. The first-order chi connectivity index (χ1) is 16.2. The zero-order chi connectivity index (χ0) is 24.2. The fourth-order valence-corrected chi connectivity index (χ4v) is 7.59. The van der Waals surface area contributed by atoms with Crippen LogP contribution in [0.15, 0.2) is 30.3 Å². The summed E-state index contributed by atoms with van der Waals surface area (Å²) in [6, 6.07) is 9.11. The lowest BCUT2D eigenvalue weighted by atomic mass is 9.45. The van der Waals surface area contributed by atoms with Crippen molar-refractivity contribution in [3.8, 4) is 16.3 Å². The molecule has 2 aromatic heterocycles. The first kappa shape index (κ1) is 24.2. The Morgan fingerprint density at radius 1 is 1.21 bits per heavy atom. The van der Waals surface area contributed by atoms with E-state index < -0.39 is 0 Å². The Balaban J connectivity index is 1.49. The summed E-state index contributed by atoms with van der Waals surface area (Å²) in [5.41, 5.74) is 3.23. The summed E-state index contributed by atoms with van der Waals surface area (Å²) in [6.07, 6.45) is 4.39. The zero-order valence-electron chi connectivity index (χ0n) is 19.5. The fraction of sp³-hybridized carbons (Fsp3) is 0.462. The highest BCUT2D eigenvalue weighted by molar-refractivity contribution is 7.19. The molecule has 3 aromatic rings. The first-order valence-electron chi connectivity index (χ1n) is 11.8. The summed E-state index contributed by atoms with van der Waals surface area (Å²) in [6.45, 7) is 7.49. The van der Waals surface area contributed by atoms with E-state index in [-0.39, 0.29) is 5.91 Å². The maximum absolute atomic E-state index is 13.5. The minimum absolute atomic E-state index is 0.135. The summed E-state index contributed by atoms with van der Waals surface area (Å²) in [5, 5.41) is 9.02. The number of nitrogens with zero attached hydrogens (tertiary/aromatic N) is 2. The molecule has 3 aliphatic carbocycles. The standard InChI is InChI=1S/C26H28Cl3N3OS/c1-4-17-23(25(33)30-13-14-5-6-15-11-18(14)26(15,2)3)31-32(20-8-7-16(27)12-19(20)28)24(17)21-9-10-22(29)34-21/h7-10,12,14-15,18H,4-6,11,13H2,1-3H3,(H,30,33). The Kier molecular flexibility index (Phi) is 6.52. The molecule has 6 rings (SSSR count). The highest BCUT2D eigenvalue weighted by Gasteiger charge is 2.54. The van der Waals surface area contributed by atoms with Crippen LogP contribution in [0.3, 0.4) is 0 Å². The number of hydrogen-bond acceptors (Lipinski definition) is 3. The molecule has 3 atom stereocenters. The van der Waals surface area contributed by atoms with Gasteiger partial charge in [-0.15, -0.1) is 11.3 Å². The normalized spacial score (nSPS) is 22.9. The van der Waals surface area contributed by atoms with Gasteiger partial charge < -0.3 is 5.32 Å². The van der Waals surface area contributed by atoms with Gasteiger partial charge in [-0.1, -0.05) is 55.6 Å². The average molecular weight is 537 g/mol. The third-order valence-electron chi connectivity index (χ3n) is 8.02. The number of carbonyl (C=O) groups excluding carboxylic acids is 1. The molecule has 1 N–H and O–H groups in total. The molecule has 0 radical (unpaired) electrons. The lowest BCUT2D eigenvalue weighted by Crippen LogP contribution is -2.54. The molecular formula is C26H28Cl3N3OS. The van der Waals surface area contributed by atoms with Gasteiger partial charge in [-0.05, 0) is 79.2 Å². The van der Waals surface area contributed by atoms with Crippen molar-refractivity contribution in [2.24, 2.45) is 23.2 Å². The summed E-state index contributed by atoms with van der Waals surface area (Å²) in [4.78, 5) is 14.4. The molecule has 34 heavy (non-hydrogen) atoms. The number of amides is 1. The van der Waals surface area contributed by atoms with Crippen molar-refractivity contribution in [3.05, 3.63) is 56.0 Å². The molecule has 3 fully saturated rings. The molecule has 2 heterocycles. The zero-order valence-corrected chi connectivity index (χ0v) is 22.6. The predicted octanol–water partition coefficient (Wildman–Crippen LogP) is 7.93. The number of nitrogens with one attached hydrogen (secondary N) is 1. The second-order valence-electron chi connectivity index (χ2n) is 10.0. The van der Waals surface area contributed by atoms with Crippen LogP contribution < -0.4 is 5.32 Å². The number of aromatic nitrogens is 2. The lowest BCUT2D eigenvalue weighted by Gasteiger charge is -2.60. The fourth-order valence-electron chi connectivity index (χ4n) is 6.00. The third-order valence-corrected chi connectivity index (χ3v) is 9.80. The Bertz CT molecular complexity index is 1250. The Labute approximate surface area is 219 Å². The number of halogens is 3. The Morgan fingerprint density at radius 2 is 2.00 bits per heavy atom. The van der Waals surface area contributed by atoms with E-state index in [0.29, 0.717) is 56.0 Å². The van der Waals surface area contributed by atoms with Crippen molar-refractivity contribution in [2.75, 3.05) is 6.54 Å². The maximum Gasteiger partial charge on any atom is 0.272 e. The number of fused-ring (bicyclic) bond motifs is 2. The lowest BCUT2D eigenvalue weighted by molar-refractivity contribution is -0.103. The van der Waals surface area contributed by atoms with Crippen LogP contribution in [0, 0.1) is 23.2 Å². The highest BCUT2D eigenvalue weighted by Crippen LogP contribution is 2.61. The van der Waals surface area contributed by atoms with Gasteiger partial charge >= 0.3 is 0 Å². The number of carbonyl (C=O) groups is 1. The van der Waals surface area contributed by atoms with Crippen molar-refractivity contribution in [3.63, 3.8) is 0 Å². The van der Waals surface area contributed by atoms with Crippen molar-refractivity contribution in [2.45, 2.75) is 46.5 Å². The molecule has 3 aliphatic rings. The summed E-state index contributed by atoms with van der Waals surface area (Å²) < 4.78 is 2.44. The second-order valence-corrected chi connectivity index (χ2v) is 12.6. The van der Waals surface area contributed by atoms with Crippen LogP contribution in [0.4, 0.5) is 0 Å². The SMILES string of the molecule is CCc1c(C(=O)NCC2CCC3CC2C3(C)C)nn(-c2ccc(Cl)cc2Cl)c1-c1ccc(Cl)s1. The van der Waals surface area contributed by atoms with Crippen LogP contribution in [-0.2, 0) is 6.42 Å². The maximum atomic E-state index is 13.5. The summed E-state index contributed by atoms with van der Waals surface area (Å²) >= 11 is 20.4. The topological polar surface area (TPSA) is 46.9 Å². The van der Waals surface area contributed by atoms with Gasteiger partial charge in [0, 0.05) is 17.1 Å². The van der Waals surface area contributed by atoms with E-state index in [1.165, 1.54) is 30.6 Å². The van der Waals surface area contributed by atoms with Crippen LogP contribution in [0.5, 0.6) is 0 Å². The average Bonchev–Trinajstić information content (AvgIpc) is 3.40. The molecule has 3 unspecified atom stereocenters. The van der Waals surface area contributed by atoms with Crippen molar-refractivity contribution in [1.82, 2.24) is 15.1 Å². The van der Waals surface area contributed by atoms with E-state index in [1.54, 1.807) is 16.8 Å². The van der Waals surface area contributed by atoms with Gasteiger partial charge in [0.2, 0.25) is 0 Å². The number of hydrogen-bond donors (Lipinski definition) is 1. The molecule has 8 heteroatoms. The van der Waals surface area contributed by atoms with Crippen LogP contribution in [0.1, 0.15) is 56.1 Å². The molecule has 180 valence electrons. The molecular weight excluding hydrogens is 509 g/mol. The van der Waals surface area contributed by atoms with Gasteiger partial charge in [0.25, 0.3) is 5.91 Å². The Hall–Kier alpha value is -1.53. The van der Waals surface area contributed by atoms with Gasteiger partial charge in [0.15, 0.2) is 5.69 Å². The first-order valence-corrected chi connectivity index (χ1v) is 13.8. The van der Waals surface area contributed by atoms with Crippen LogP contribution in [0.25, 0.3) is 16.3 Å². The number of benzene rings is 1. The smallest absolute Gasteiger partial charge is 0.272 e. The van der Waals surface area contributed by atoms with Crippen molar-refractivity contribution in [1.29, 1.82) is 0 Å². The van der Waals surface area contributed by atoms with Crippen LogP contribution >= 0.6 is 46.1 Å². The van der Waals surface area contributed by atoms with Gasteiger partial charge in [-0.25, -0.2) is 4.68 Å². The minimum atomic E-state index is -0.135. The monoisotopic (exact) mass is 535 g/mol. The van der Waals surface area contributed by atoms with Crippen LogP contribution in [-0.4, -0.2) is 22.2 Å². The van der Waals surface area contributed by atoms with Crippen molar-refractivity contribution >= 4 is 52.0 Å². The van der Waals surface area contributed by atoms with E-state index in [9.17, 15) is 4.79 Å². The minimum Gasteiger partial charge on any atom is -0.350 e. The third kappa shape index (κ3) is 4.09. The summed E-state index contributed by atoms with van der Waals surface area (Å²) in [7, 11) is 0. The second kappa shape index (κ2) is 9.16.